The van der Waals surface area contributed by atoms with Crippen LogP contribution in [0.4, 0.5) is 13.2 Å². The van der Waals surface area contributed by atoms with Crippen LogP contribution in [0.1, 0.15) is 17.9 Å². The molecule has 0 radical (unpaired) electrons. The minimum Gasteiger partial charge on any atom is -0.406 e. The summed E-state index contributed by atoms with van der Waals surface area (Å²) in [5.41, 5.74) is 0.845. The van der Waals surface area contributed by atoms with E-state index >= 15 is 0 Å². The summed E-state index contributed by atoms with van der Waals surface area (Å²) in [6, 6.07) is 5.61. The SMILES string of the molecule is O=C(CN1CCNCC1=O)N[C@@H]1C[C@H]1c1ccc(OC(F)(F)F)cc1. The monoisotopic (exact) mass is 357 g/mol. The predicted molar refractivity (Wildman–Crippen MR) is 81.9 cm³/mol. The molecule has 2 fully saturated rings. The molecule has 1 aromatic rings. The van der Waals surface area contributed by atoms with Gasteiger partial charge in [-0.25, -0.2) is 0 Å². The van der Waals surface area contributed by atoms with Crippen LogP contribution in [0.15, 0.2) is 24.3 Å². The van der Waals surface area contributed by atoms with Crippen LogP contribution in [-0.2, 0) is 9.59 Å². The van der Waals surface area contributed by atoms with E-state index in [0.717, 1.165) is 12.0 Å². The van der Waals surface area contributed by atoms with Crippen LogP contribution in [0.2, 0.25) is 0 Å². The third-order valence-corrected chi connectivity index (χ3v) is 4.20. The highest BCUT2D eigenvalue weighted by Crippen LogP contribution is 2.41. The molecule has 1 aliphatic heterocycles. The molecule has 2 atom stereocenters. The molecule has 0 aromatic heterocycles. The Morgan fingerprint density at radius 2 is 2.04 bits per heavy atom. The Hall–Kier alpha value is -2.29. The summed E-state index contributed by atoms with van der Waals surface area (Å²) in [5, 5.41) is 5.79. The summed E-state index contributed by atoms with van der Waals surface area (Å²) in [7, 11) is 0. The van der Waals surface area contributed by atoms with E-state index in [4.69, 9.17) is 0 Å². The summed E-state index contributed by atoms with van der Waals surface area (Å²) in [4.78, 5) is 25.2. The average Bonchev–Trinajstić information content (AvgIpc) is 3.28. The van der Waals surface area contributed by atoms with Crippen molar-refractivity contribution in [3.63, 3.8) is 0 Å². The maximum Gasteiger partial charge on any atom is 0.573 e. The number of amides is 2. The van der Waals surface area contributed by atoms with Crippen LogP contribution in [0.3, 0.4) is 0 Å². The lowest BCUT2D eigenvalue weighted by Gasteiger charge is -2.26. The first-order valence-corrected chi connectivity index (χ1v) is 7.95. The van der Waals surface area contributed by atoms with Gasteiger partial charge in [-0.15, -0.1) is 13.2 Å². The van der Waals surface area contributed by atoms with E-state index in [1.807, 2.05) is 0 Å². The quantitative estimate of drug-likeness (QED) is 0.825. The Kier molecular flexibility index (Phi) is 4.85. The van der Waals surface area contributed by atoms with Crippen LogP contribution in [-0.4, -0.2) is 55.3 Å². The number of alkyl halides is 3. The van der Waals surface area contributed by atoms with Crippen molar-refractivity contribution in [2.45, 2.75) is 24.7 Å². The fourth-order valence-electron chi connectivity index (χ4n) is 2.88. The van der Waals surface area contributed by atoms with Crippen molar-refractivity contribution in [1.29, 1.82) is 0 Å². The van der Waals surface area contributed by atoms with E-state index in [1.165, 1.54) is 17.0 Å². The number of ether oxygens (including phenoxy) is 1. The standard InChI is InChI=1S/C16H18F3N3O3/c17-16(18,19)25-11-3-1-10(2-4-11)12-7-13(12)21-14(23)9-22-6-5-20-8-15(22)24/h1-4,12-13,20H,5-9H2,(H,21,23)/t12-,13+/m0/s1. The first-order valence-electron chi connectivity index (χ1n) is 7.95. The molecule has 2 amide bonds. The van der Waals surface area contributed by atoms with Crippen molar-refractivity contribution in [3.8, 4) is 5.75 Å². The third kappa shape index (κ3) is 4.85. The second kappa shape index (κ2) is 6.91. The minimum atomic E-state index is -4.71. The van der Waals surface area contributed by atoms with Gasteiger partial charge in [-0.05, 0) is 24.1 Å². The van der Waals surface area contributed by atoms with Crippen LogP contribution >= 0.6 is 0 Å². The molecule has 1 heterocycles. The molecule has 6 nitrogen and oxygen atoms in total. The van der Waals surface area contributed by atoms with Crippen LogP contribution in [0, 0.1) is 0 Å². The van der Waals surface area contributed by atoms with Gasteiger partial charge in [0.15, 0.2) is 0 Å². The Morgan fingerprint density at radius 1 is 1.32 bits per heavy atom. The smallest absolute Gasteiger partial charge is 0.406 e. The van der Waals surface area contributed by atoms with E-state index in [1.54, 1.807) is 12.1 Å². The minimum absolute atomic E-state index is 0.0299. The second-order valence-electron chi connectivity index (χ2n) is 6.13. The molecule has 3 rings (SSSR count). The van der Waals surface area contributed by atoms with Crippen LogP contribution in [0.5, 0.6) is 5.75 Å². The first kappa shape index (κ1) is 17.5. The number of hydrogen-bond acceptors (Lipinski definition) is 4. The molecule has 1 aromatic carbocycles. The Balaban J connectivity index is 1.47. The number of halogens is 3. The number of hydrogen-bond donors (Lipinski definition) is 2. The van der Waals surface area contributed by atoms with Crippen molar-refractivity contribution in [3.05, 3.63) is 29.8 Å². The normalized spacial score (nSPS) is 23.3. The number of carbonyl (C=O) groups is 2. The zero-order chi connectivity index (χ0) is 18.0. The van der Waals surface area contributed by atoms with Gasteiger partial charge in [0.1, 0.15) is 5.75 Å². The number of benzene rings is 1. The van der Waals surface area contributed by atoms with E-state index in [0.29, 0.717) is 13.1 Å². The summed E-state index contributed by atoms with van der Waals surface area (Å²) >= 11 is 0. The molecule has 25 heavy (non-hydrogen) atoms. The van der Waals surface area contributed by atoms with Crippen molar-refractivity contribution in [2.75, 3.05) is 26.2 Å². The van der Waals surface area contributed by atoms with Crippen LogP contribution < -0.4 is 15.4 Å². The highest BCUT2D eigenvalue weighted by Gasteiger charge is 2.40. The highest BCUT2D eigenvalue weighted by atomic mass is 19.4. The summed E-state index contributed by atoms with van der Waals surface area (Å²) in [6.45, 7) is 1.44. The van der Waals surface area contributed by atoms with E-state index in [2.05, 4.69) is 15.4 Å². The molecule has 1 saturated heterocycles. The number of nitrogens with zero attached hydrogens (tertiary/aromatic N) is 1. The molecule has 0 bridgehead atoms. The fraction of sp³-hybridized carbons (Fsp3) is 0.500. The maximum absolute atomic E-state index is 12.1. The third-order valence-electron chi connectivity index (χ3n) is 4.20. The first-order chi connectivity index (χ1) is 11.8. The van der Waals surface area contributed by atoms with Gasteiger partial charge in [0.2, 0.25) is 11.8 Å². The van der Waals surface area contributed by atoms with Gasteiger partial charge in [-0.3, -0.25) is 9.59 Å². The van der Waals surface area contributed by atoms with Gasteiger partial charge in [0, 0.05) is 25.0 Å². The van der Waals surface area contributed by atoms with Gasteiger partial charge in [-0.2, -0.15) is 0 Å². The van der Waals surface area contributed by atoms with Crippen molar-refractivity contribution < 1.29 is 27.5 Å². The molecule has 1 saturated carbocycles. The van der Waals surface area contributed by atoms with Crippen molar-refractivity contribution in [2.24, 2.45) is 0 Å². The molecule has 9 heteroatoms. The predicted octanol–water partition coefficient (Wildman–Crippen LogP) is 0.989. The molecular weight excluding hydrogens is 339 g/mol. The number of piperazine rings is 1. The van der Waals surface area contributed by atoms with E-state index in [9.17, 15) is 22.8 Å². The lowest BCUT2D eigenvalue weighted by Crippen LogP contribution is -2.51. The van der Waals surface area contributed by atoms with Crippen molar-refractivity contribution >= 4 is 11.8 Å². The van der Waals surface area contributed by atoms with Gasteiger partial charge in [0.05, 0.1) is 13.1 Å². The summed E-state index contributed by atoms with van der Waals surface area (Å²) in [5.74, 6) is -0.522. The second-order valence-corrected chi connectivity index (χ2v) is 6.13. The van der Waals surface area contributed by atoms with Gasteiger partial charge >= 0.3 is 6.36 Å². The molecular formula is C16H18F3N3O3. The maximum atomic E-state index is 12.1. The number of nitrogens with one attached hydrogen (secondary N) is 2. The largest absolute Gasteiger partial charge is 0.573 e. The van der Waals surface area contributed by atoms with Gasteiger partial charge in [0.25, 0.3) is 0 Å². The topological polar surface area (TPSA) is 70.7 Å². The molecule has 2 aliphatic rings. The van der Waals surface area contributed by atoms with E-state index < -0.39 is 6.36 Å². The Morgan fingerprint density at radius 3 is 2.68 bits per heavy atom. The van der Waals surface area contributed by atoms with Crippen LogP contribution in [0.25, 0.3) is 0 Å². The van der Waals surface area contributed by atoms with E-state index in [-0.39, 0.29) is 42.6 Å². The number of carbonyl (C=O) groups excluding carboxylic acids is 2. The van der Waals surface area contributed by atoms with Gasteiger partial charge < -0.3 is 20.3 Å². The number of rotatable bonds is 5. The zero-order valence-electron chi connectivity index (χ0n) is 13.3. The zero-order valence-corrected chi connectivity index (χ0v) is 13.3. The van der Waals surface area contributed by atoms with Gasteiger partial charge in [-0.1, -0.05) is 12.1 Å². The summed E-state index contributed by atoms with van der Waals surface area (Å²) in [6.07, 6.45) is -3.99. The van der Waals surface area contributed by atoms with Crippen molar-refractivity contribution in [1.82, 2.24) is 15.5 Å². The molecule has 136 valence electrons. The molecule has 2 N–H and O–H groups in total. The lowest BCUT2D eigenvalue weighted by molar-refractivity contribution is -0.274. The molecule has 1 aliphatic carbocycles. The fourth-order valence-corrected chi connectivity index (χ4v) is 2.88. The molecule has 0 spiro atoms. The highest BCUT2D eigenvalue weighted by molar-refractivity contribution is 5.86. The summed E-state index contributed by atoms with van der Waals surface area (Å²) < 4.78 is 40.2. The lowest BCUT2D eigenvalue weighted by atomic mass is 10.1. The average molecular weight is 357 g/mol. The molecule has 0 unspecified atom stereocenters. The Labute approximate surface area is 142 Å². The Bertz CT molecular complexity index is 648.